The van der Waals surface area contributed by atoms with Crippen molar-refractivity contribution in [2.75, 3.05) is 4.90 Å². The van der Waals surface area contributed by atoms with Gasteiger partial charge < -0.3 is 4.90 Å². The Hall–Kier alpha value is -4.62. The minimum absolute atomic E-state index is 0.00163. The Bertz CT molecular complexity index is 2300. The molecule has 2 aliphatic carbocycles. The summed E-state index contributed by atoms with van der Waals surface area (Å²) in [6.45, 7) is 23.5. The minimum Gasteiger partial charge on any atom is -0.310 e. The Kier molecular flexibility index (Phi) is 6.74. The van der Waals surface area contributed by atoms with Gasteiger partial charge in [0, 0.05) is 27.6 Å². The van der Waals surface area contributed by atoms with Gasteiger partial charge in [-0.25, -0.2) is 0 Å². The minimum atomic E-state index is -0.121. The number of fused-ring (bicyclic) bond motifs is 7. The van der Waals surface area contributed by atoms with Crippen molar-refractivity contribution in [2.24, 2.45) is 0 Å². The van der Waals surface area contributed by atoms with E-state index in [1.54, 1.807) is 0 Å². The van der Waals surface area contributed by atoms with Crippen molar-refractivity contribution < 1.29 is 0 Å². The highest BCUT2D eigenvalue weighted by Gasteiger charge is 2.38. The van der Waals surface area contributed by atoms with Crippen LogP contribution in [-0.2, 0) is 21.7 Å². The lowest BCUT2D eigenvalue weighted by atomic mass is 9.79. The summed E-state index contributed by atoms with van der Waals surface area (Å²) >= 11 is 0. The van der Waals surface area contributed by atoms with Crippen molar-refractivity contribution in [3.05, 3.63) is 149 Å². The summed E-state index contributed by atoms with van der Waals surface area (Å²) in [7, 11) is 0. The lowest BCUT2D eigenvalue weighted by Crippen LogP contribution is -2.19. The largest absolute Gasteiger partial charge is 0.310 e. The summed E-state index contributed by atoms with van der Waals surface area (Å²) in [6, 6.07) is 44.2. The van der Waals surface area contributed by atoms with Crippen LogP contribution in [0.1, 0.15) is 103 Å². The van der Waals surface area contributed by atoms with Crippen LogP contribution in [0.4, 0.5) is 17.1 Å². The first-order valence-corrected chi connectivity index (χ1v) is 17.9. The first kappa shape index (κ1) is 31.6. The van der Waals surface area contributed by atoms with Gasteiger partial charge in [0.15, 0.2) is 0 Å². The zero-order valence-corrected chi connectivity index (χ0v) is 30.9. The van der Waals surface area contributed by atoms with Gasteiger partial charge in [0.25, 0.3) is 0 Å². The first-order valence-electron chi connectivity index (χ1n) is 17.9. The molecule has 8 rings (SSSR count). The molecular formula is C48H49N. The van der Waals surface area contributed by atoms with Gasteiger partial charge in [-0.2, -0.15) is 0 Å². The normalized spacial score (nSPS) is 15.5. The molecule has 0 heterocycles. The van der Waals surface area contributed by atoms with Crippen LogP contribution in [0.25, 0.3) is 33.0 Å². The zero-order valence-electron chi connectivity index (χ0n) is 30.9. The quantitative estimate of drug-likeness (QED) is 0.186. The summed E-state index contributed by atoms with van der Waals surface area (Å²) in [6.07, 6.45) is 0. The molecule has 1 heteroatoms. The molecule has 0 atom stereocenters. The monoisotopic (exact) mass is 639 g/mol. The molecule has 0 aromatic heterocycles. The molecule has 6 aromatic rings. The van der Waals surface area contributed by atoms with Crippen LogP contribution < -0.4 is 4.90 Å². The van der Waals surface area contributed by atoms with Gasteiger partial charge in [-0.3, -0.25) is 0 Å². The van der Waals surface area contributed by atoms with E-state index in [1.165, 1.54) is 83.5 Å². The summed E-state index contributed by atoms with van der Waals surface area (Å²) in [5.74, 6) is 0. The van der Waals surface area contributed by atoms with E-state index >= 15 is 0 Å². The third-order valence-electron chi connectivity index (χ3n) is 11.6. The summed E-state index contributed by atoms with van der Waals surface area (Å²) in [5, 5.41) is 2.53. The van der Waals surface area contributed by atoms with Gasteiger partial charge in [-0.15, -0.1) is 0 Å². The molecule has 2 aliphatic rings. The standard InChI is InChI=1S/C48H49N/c1-45(2,3)31-19-22-37-39-24-21-34(29-43(39)48(9,10)41(37)26-31)49(44-27-32(46(4,5)6)25-30-15-11-12-16-35(30)44)33-20-23-38-36-17-13-14-18-40(36)47(7,8)42(38)28-33/h11-29H,1-10H3. The molecule has 0 radical (unpaired) electrons. The number of benzene rings is 6. The SMILES string of the molecule is CC(C)(C)c1ccc2c(c1)C(C)(C)c1cc(N(c3ccc4c(c3)C(C)(C)c3ccccc3-4)c3cc(C(C)(C)C)cc4ccccc34)ccc1-2. The van der Waals surface area contributed by atoms with E-state index in [1.807, 2.05) is 0 Å². The van der Waals surface area contributed by atoms with Crippen molar-refractivity contribution in [1.82, 2.24) is 0 Å². The first-order chi connectivity index (χ1) is 23.1. The average molecular weight is 640 g/mol. The van der Waals surface area contributed by atoms with E-state index in [-0.39, 0.29) is 21.7 Å². The second-order valence-corrected chi connectivity index (χ2v) is 17.6. The van der Waals surface area contributed by atoms with E-state index in [0.717, 1.165) is 0 Å². The highest BCUT2D eigenvalue weighted by atomic mass is 15.1. The van der Waals surface area contributed by atoms with Gasteiger partial charge >= 0.3 is 0 Å². The van der Waals surface area contributed by atoms with Crippen molar-refractivity contribution in [3.63, 3.8) is 0 Å². The molecule has 0 fully saturated rings. The van der Waals surface area contributed by atoms with Gasteiger partial charge in [-0.1, -0.05) is 154 Å². The Labute approximate surface area is 293 Å². The van der Waals surface area contributed by atoms with E-state index in [4.69, 9.17) is 0 Å². The van der Waals surface area contributed by atoms with E-state index in [0.29, 0.717) is 0 Å². The van der Waals surface area contributed by atoms with E-state index in [2.05, 4.69) is 189 Å². The molecule has 0 spiro atoms. The van der Waals surface area contributed by atoms with Crippen LogP contribution in [0.15, 0.2) is 115 Å². The van der Waals surface area contributed by atoms with Gasteiger partial charge in [0.05, 0.1) is 5.69 Å². The highest BCUT2D eigenvalue weighted by molar-refractivity contribution is 6.00. The fraction of sp³-hybridized carbons (Fsp3) is 0.292. The molecule has 0 bridgehead atoms. The molecule has 0 saturated carbocycles. The maximum absolute atomic E-state index is 2.54. The van der Waals surface area contributed by atoms with Crippen molar-refractivity contribution >= 4 is 27.8 Å². The second-order valence-electron chi connectivity index (χ2n) is 17.6. The smallest absolute Gasteiger partial charge is 0.0542 e. The van der Waals surface area contributed by atoms with Gasteiger partial charge in [0.1, 0.15) is 0 Å². The van der Waals surface area contributed by atoms with Crippen LogP contribution in [0.5, 0.6) is 0 Å². The molecule has 6 aromatic carbocycles. The van der Waals surface area contributed by atoms with Crippen LogP contribution in [0.3, 0.4) is 0 Å². The maximum atomic E-state index is 2.54. The topological polar surface area (TPSA) is 3.24 Å². The number of hydrogen-bond donors (Lipinski definition) is 0. The Morgan fingerprint density at radius 3 is 1.53 bits per heavy atom. The fourth-order valence-corrected chi connectivity index (χ4v) is 8.50. The van der Waals surface area contributed by atoms with Crippen LogP contribution in [0, 0.1) is 0 Å². The predicted molar refractivity (Wildman–Crippen MR) is 211 cm³/mol. The number of rotatable bonds is 3. The van der Waals surface area contributed by atoms with Crippen molar-refractivity contribution in [3.8, 4) is 22.3 Å². The molecule has 0 saturated heterocycles. The molecule has 49 heavy (non-hydrogen) atoms. The van der Waals surface area contributed by atoms with E-state index in [9.17, 15) is 0 Å². The summed E-state index contributed by atoms with van der Waals surface area (Å²) < 4.78 is 0. The number of hydrogen-bond acceptors (Lipinski definition) is 1. The maximum Gasteiger partial charge on any atom is 0.0542 e. The van der Waals surface area contributed by atoms with Gasteiger partial charge in [0.2, 0.25) is 0 Å². The lowest BCUT2D eigenvalue weighted by Gasteiger charge is -2.32. The van der Waals surface area contributed by atoms with Crippen LogP contribution in [-0.4, -0.2) is 0 Å². The molecule has 0 amide bonds. The zero-order chi connectivity index (χ0) is 34.7. The van der Waals surface area contributed by atoms with Crippen molar-refractivity contribution in [2.45, 2.75) is 90.9 Å². The number of nitrogens with zero attached hydrogens (tertiary/aromatic N) is 1. The molecule has 0 unspecified atom stereocenters. The lowest BCUT2D eigenvalue weighted by molar-refractivity contribution is 0.584. The average Bonchev–Trinajstić information content (AvgIpc) is 3.43. The Balaban J connectivity index is 1.38. The number of anilines is 3. The van der Waals surface area contributed by atoms with Crippen LogP contribution >= 0.6 is 0 Å². The molecule has 1 nitrogen and oxygen atoms in total. The van der Waals surface area contributed by atoms with Gasteiger partial charge in [-0.05, 0) is 102 Å². The Morgan fingerprint density at radius 2 is 0.918 bits per heavy atom. The highest BCUT2D eigenvalue weighted by Crippen LogP contribution is 2.54. The van der Waals surface area contributed by atoms with E-state index < -0.39 is 0 Å². The van der Waals surface area contributed by atoms with Crippen LogP contribution in [0.2, 0.25) is 0 Å². The molecule has 246 valence electrons. The van der Waals surface area contributed by atoms with Crippen molar-refractivity contribution in [1.29, 1.82) is 0 Å². The second kappa shape index (κ2) is 10.4. The molecular weight excluding hydrogens is 591 g/mol. The molecule has 0 N–H and O–H groups in total. The Morgan fingerprint density at radius 1 is 0.429 bits per heavy atom. The third-order valence-corrected chi connectivity index (χ3v) is 11.6. The fourth-order valence-electron chi connectivity index (χ4n) is 8.50. The molecule has 0 aliphatic heterocycles. The predicted octanol–water partition coefficient (Wildman–Crippen LogP) is 13.5. The summed E-state index contributed by atoms with van der Waals surface area (Å²) in [4.78, 5) is 2.54. The summed E-state index contributed by atoms with van der Waals surface area (Å²) in [5.41, 5.74) is 17.2. The third kappa shape index (κ3) is 4.80.